The highest BCUT2D eigenvalue weighted by atomic mass is 16.4. The summed E-state index contributed by atoms with van der Waals surface area (Å²) in [4.78, 5) is 10.8. The van der Waals surface area contributed by atoms with Crippen LogP contribution in [0, 0.1) is 5.41 Å². The van der Waals surface area contributed by atoms with E-state index in [0.29, 0.717) is 0 Å². The summed E-state index contributed by atoms with van der Waals surface area (Å²) in [5, 5.41) is 8.89. The Balaban J connectivity index is 2.06. The molecule has 0 aromatic rings. The summed E-state index contributed by atoms with van der Waals surface area (Å²) in [5.41, 5.74) is -0.311. The molecule has 2 heteroatoms. The molecule has 0 bridgehead atoms. The van der Waals surface area contributed by atoms with Crippen molar-refractivity contribution in [3.63, 3.8) is 0 Å². The lowest BCUT2D eigenvalue weighted by molar-refractivity contribution is -0.143. The van der Waals surface area contributed by atoms with Crippen LogP contribution < -0.4 is 0 Å². The van der Waals surface area contributed by atoms with Gasteiger partial charge in [-0.2, -0.15) is 0 Å². The van der Waals surface area contributed by atoms with Crippen molar-refractivity contribution in [2.45, 2.75) is 44.9 Å². The summed E-state index contributed by atoms with van der Waals surface area (Å²) in [7, 11) is 0. The highest BCUT2D eigenvalue weighted by Gasteiger charge is 2.49. The standard InChI is InChI=1S/C11H18O2/c1-2-3-4-5-6-7-11(8-9-11)10(12)13/h2H,1,3-9H2,(H,12,13). The van der Waals surface area contributed by atoms with Gasteiger partial charge in [-0.1, -0.05) is 18.9 Å². The molecule has 1 rings (SSSR count). The van der Waals surface area contributed by atoms with Gasteiger partial charge >= 0.3 is 5.97 Å². The number of rotatable bonds is 7. The average molecular weight is 182 g/mol. The second kappa shape index (κ2) is 4.45. The Kier molecular flexibility index (Phi) is 3.52. The molecule has 0 aromatic heterocycles. The molecule has 0 amide bonds. The van der Waals surface area contributed by atoms with E-state index < -0.39 is 5.97 Å². The number of carboxylic acids is 1. The smallest absolute Gasteiger partial charge is 0.309 e. The first-order valence-electron chi connectivity index (χ1n) is 5.05. The van der Waals surface area contributed by atoms with Crippen LogP contribution in [0.4, 0.5) is 0 Å². The van der Waals surface area contributed by atoms with Crippen molar-refractivity contribution in [3.05, 3.63) is 12.7 Å². The molecule has 74 valence electrons. The maximum Gasteiger partial charge on any atom is 0.309 e. The quantitative estimate of drug-likeness (QED) is 0.485. The third-order valence-electron chi connectivity index (χ3n) is 2.87. The summed E-state index contributed by atoms with van der Waals surface area (Å²) in [6.07, 6.45) is 8.98. The molecule has 1 saturated carbocycles. The molecule has 0 heterocycles. The fraction of sp³-hybridized carbons (Fsp3) is 0.727. The van der Waals surface area contributed by atoms with Gasteiger partial charge in [0.05, 0.1) is 5.41 Å². The summed E-state index contributed by atoms with van der Waals surface area (Å²) < 4.78 is 0. The summed E-state index contributed by atoms with van der Waals surface area (Å²) >= 11 is 0. The van der Waals surface area contributed by atoms with Gasteiger partial charge in [0.1, 0.15) is 0 Å². The van der Waals surface area contributed by atoms with Crippen LogP contribution in [0.3, 0.4) is 0 Å². The highest BCUT2D eigenvalue weighted by Crippen LogP contribution is 2.50. The Hall–Kier alpha value is -0.790. The van der Waals surface area contributed by atoms with E-state index in [1.54, 1.807) is 0 Å². The van der Waals surface area contributed by atoms with Crippen molar-refractivity contribution in [1.82, 2.24) is 0 Å². The lowest BCUT2D eigenvalue weighted by atomic mass is 9.98. The van der Waals surface area contributed by atoms with Crippen molar-refractivity contribution in [2.75, 3.05) is 0 Å². The zero-order valence-corrected chi connectivity index (χ0v) is 8.09. The van der Waals surface area contributed by atoms with E-state index in [1.807, 2.05) is 6.08 Å². The molecule has 0 aliphatic heterocycles. The Bertz CT molecular complexity index is 192. The molecule has 2 nitrogen and oxygen atoms in total. The van der Waals surface area contributed by atoms with Crippen LogP contribution in [0.2, 0.25) is 0 Å². The fourth-order valence-electron chi connectivity index (χ4n) is 1.65. The monoisotopic (exact) mass is 182 g/mol. The first-order valence-corrected chi connectivity index (χ1v) is 5.05. The van der Waals surface area contributed by atoms with E-state index in [4.69, 9.17) is 5.11 Å². The van der Waals surface area contributed by atoms with Gasteiger partial charge in [-0.15, -0.1) is 6.58 Å². The van der Waals surface area contributed by atoms with Crippen molar-refractivity contribution in [2.24, 2.45) is 5.41 Å². The minimum atomic E-state index is -0.587. The molecule has 13 heavy (non-hydrogen) atoms. The Labute approximate surface area is 79.6 Å². The molecule has 1 aliphatic carbocycles. The first-order chi connectivity index (χ1) is 6.21. The number of carbonyl (C=O) groups is 1. The molecular weight excluding hydrogens is 164 g/mol. The van der Waals surface area contributed by atoms with Crippen LogP contribution >= 0.6 is 0 Å². The van der Waals surface area contributed by atoms with Gasteiger partial charge in [-0.25, -0.2) is 0 Å². The molecule has 0 atom stereocenters. The summed E-state index contributed by atoms with van der Waals surface area (Å²) in [6.45, 7) is 3.65. The van der Waals surface area contributed by atoms with Gasteiger partial charge in [0.25, 0.3) is 0 Å². The third kappa shape index (κ3) is 2.87. The van der Waals surface area contributed by atoms with E-state index in [2.05, 4.69) is 6.58 Å². The second-order valence-electron chi connectivity index (χ2n) is 3.97. The number of unbranched alkanes of at least 4 members (excludes halogenated alkanes) is 3. The number of hydrogen-bond acceptors (Lipinski definition) is 1. The fourth-order valence-corrected chi connectivity index (χ4v) is 1.65. The Morgan fingerprint density at radius 1 is 1.38 bits per heavy atom. The molecule has 0 unspecified atom stereocenters. The summed E-state index contributed by atoms with van der Waals surface area (Å²) in [5.74, 6) is -0.587. The van der Waals surface area contributed by atoms with Crippen LogP contribution in [0.1, 0.15) is 44.9 Å². The van der Waals surface area contributed by atoms with Crippen LogP contribution in [0.5, 0.6) is 0 Å². The molecule has 1 aliphatic rings. The second-order valence-corrected chi connectivity index (χ2v) is 3.97. The van der Waals surface area contributed by atoms with Gasteiger partial charge in [0.2, 0.25) is 0 Å². The number of aliphatic carboxylic acids is 1. The van der Waals surface area contributed by atoms with Crippen LogP contribution in [-0.2, 0) is 4.79 Å². The van der Waals surface area contributed by atoms with Crippen LogP contribution in [-0.4, -0.2) is 11.1 Å². The predicted molar refractivity (Wildman–Crippen MR) is 52.6 cm³/mol. The number of carboxylic acid groups (broad SMARTS) is 1. The predicted octanol–water partition coefficient (Wildman–Crippen LogP) is 2.99. The topological polar surface area (TPSA) is 37.3 Å². The molecule has 1 N–H and O–H groups in total. The van der Waals surface area contributed by atoms with Gasteiger partial charge in [0, 0.05) is 0 Å². The molecule has 0 radical (unpaired) electrons. The van der Waals surface area contributed by atoms with E-state index in [-0.39, 0.29) is 5.41 Å². The molecule has 0 aromatic carbocycles. The lowest BCUT2D eigenvalue weighted by Crippen LogP contribution is -2.14. The SMILES string of the molecule is C=CCCCCCC1(C(=O)O)CC1. The molecular formula is C11H18O2. The van der Waals surface area contributed by atoms with Crippen LogP contribution in [0.15, 0.2) is 12.7 Å². The zero-order chi connectivity index (χ0) is 9.73. The van der Waals surface area contributed by atoms with Gasteiger partial charge in [-0.3, -0.25) is 4.79 Å². The summed E-state index contributed by atoms with van der Waals surface area (Å²) in [6, 6.07) is 0. The van der Waals surface area contributed by atoms with E-state index in [0.717, 1.165) is 44.9 Å². The molecule has 1 fully saturated rings. The maximum absolute atomic E-state index is 10.8. The van der Waals surface area contributed by atoms with Crippen molar-refractivity contribution < 1.29 is 9.90 Å². The lowest BCUT2D eigenvalue weighted by Gasteiger charge is -2.07. The largest absolute Gasteiger partial charge is 0.481 e. The minimum absolute atomic E-state index is 0.311. The number of allylic oxidation sites excluding steroid dienone is 1. The minimum Gasteiger partial charge on any atom is -0.481 e. The Morgan fingerprint density at radius 3 is 2.54 bits per heavy atom. The van der Waals surface area contributed by atoms with E-state index in [1.165, 1.54) is 0 Å². The van der Waals surface area contributed by atoms with Gasteiger partial charge in [-0.05, 0) is 32.1 Å². The average Bonchev–Trinajstić information content (AvgIpc) is 2.85. The van der Waals surface area contributed by atoms with E-state index in [9.17, 15) is 4.79 Å². The van der Waals surface area contributed by atoms with Crippen LogP contribution in [0.25, 0.3) is 0 Å². The zero-order valence-electron chi connectivity index (χ0n) is 8.09. The Morgan fingerprint density at radius 2 is 2.08 bits per heavy atom. The van der Waals surface area contributed by atoms with Crippen molar-refractivity contribution in [1.29, 1.82) is 0 Å². The van der Waals surface area contributed by atoms with Crippen molar-refractivity contribution >= 4 is 5.97 Å². The van der Waals surface area contributed by atoms with Gasteiger partial charge in [0.15, 0.2) is 0 Å². The van der Waals surface area contributed by atoms with Crippen molar-refractivity contribution in [3.8, 4) is 0 Å². The van der Waals surface area contributed by atoms with E-state index >= 15 is 0 Å². The number of hydrogen-bond donors (Lipinski definition) is 1. The maximum atomic E-state index is 10.8. The highest BCUT2D eigenvalue weighted by molar-refractivity contribution is 5.77. The third-order valence-corrected chi connectivity index (χ3v) is 2.87. The molecule has 0 spiro atoms. The van der Waals surface area contributed by atoms with Gasteiger partial charge < -0.3 is 5.11 Å². The normalized spacial score (nSPS) is 18.2. The molecule has 0 saturated heterocycles. The first kappa shape index (κ1) is 10.3.